The minimum absolute atomic E-state index is 0.0775. The molecule has 7 nitrogen and oxygen atoms in total. The minimum atomic E-state index is -0.794. The van der Waals surface area contributed by atoms with Gasteiger partial charge in [0.05, 0.1) is 20.3 Å². The van der Waals surface area contributed by atoms with Gasteiger partial charge in [-0.3, -0.25) is 4.79 Å². The van der Waals surface area contributed by atoms with Crippen LogP contribution in [0.1, 0.15) is 51.5 Å². The second kappa shape index (κ2) is 12.3. The maximum absolute atomic E-state index is 11.3. The summed E-state index contributed by atoms with van der Waals surface area (Å²) >= 11 is 0. The molecule has 0 fully saturated rings. The van der Waals surface area contributed by atoms with E-state index >= 15 is 0 Å². The van der Waals surface area contributed by atoms with E-state index in [-0.39, 0.29) is 12.0 Å². The highest BCUT2D eigenvalue weighted by molar-refractivity contribution is 5.47. The molecule has 35 heavy (non-hydrogen) atoms. The van der Waals surface area contributed by atoms with Crippen molar-refractivity contribution in [2.45, 2.75) is 64.7 Å². The van der Waals surface area contributed by atoms with Crippen LogP contribution in [0.15, 0.2) is 42.5 Å². The van der Waals surface area contributed by atoms with Gasteiger partial charge < -0.3 is 24.3 Å². The Balaban J connectivity index is 1.73. The van der Waals surface area contributed by atoms with Gasteiger partial charge in [0.2, 0.25) is 6.41 Å². The molecule has 0 saturated heterocycles. The molecule has 2 aromatic carbocycles. The van der Waals surface area contributed by atoms with Crippen LogP contribution in [0, 0.1) is 22.7 Å². The Kier molecular flexibility index (Phi) is 9.25. The van der Waals surface area contributed by atoms with Crippen LogP contribution < -0.4 is 24.3 Å². The molecule has 0 bridgehead atoms. The number of amides is 1. The van der Waals surface area contributed by atoms with Gasteiger partial charge >= 0.3 is 0 Å². The van der Waals surface area contributed by atoms with E-state index in [1.54, 1.807) is 14.2 Å². The topological polar surface area (TPSA) is 89.8 Å². The second-order valence-electron chi connectivity index (χ2n) is 8.95. The Hall–Kier alpha value is -3.40. The van der Waals surface area contributed by atoms with Crippen molar-refractivity contribution in [3.05, 3.63) is 48.0 Å². The molecule has 1 aliphatic rings. The number of nitriles is 1. The van der Waals surface area contributed by atoms with Crippen molar-refractivity contribution in [3.8, 4) is 29.1 Å². The molecule has 2 atom stereocenters. The summed E-state index contributed by atoms with van der Waals surface area (Å²) < 4.78 is 23.0. The number of rotatable bonds is 14. The molecule has 2 aromatic rings. The summed E-state index contributed by atoms with van der Waals surface area (Å²) in [6.07, 6.45) is 4.50. The molecule has 0 saturated carbocycles. The van der Waals surface area contributed by atoms with Crippen LogP contribution >= 0.6 is 0 Å². The van der Waals surface area contributed by atoms with Gasteiger partial charge in [0, 0.05) is 6.04 Å². The fourth-order valence-corrected chi connectivity index (χ4v) is 5.12. The predicted molar refractivity (Wildman–Crippen MR) is 134 cm³/mol. The van der Waals surface area contributed by atoms with E-state index in [9.17, 15) is 10.1 Å². The van der Waals surface area contributed by atoms with Crippen molar-refractivity contribution in [1.82, 2.24) is 5.32 Å². The average molecular weight is 481 g/mol. The van der Waals surface area contributed by atoms with Crippen LogP contribution in [-0.4, -0.2) is 33.0 Å². The lowest BCUT2D eigenvalue weighted by Gasteiger charge is -2.37. The standard InChI is InChI=1S/C28H36N2O5/c1-5-21(6-2)28(18-29,27-34-24-11-7-8-12-25(24)35-27)15-9-10-22(30-19-31)16-20-13-14-23(32-3)26(17-20)33-4/h7-8,11-14,17,19,21-22,27H,5-6,9-10,15-16H2,1-4H3,(H,30,31). The maximum atomic E-state index is 11.3. The number of hydrogen-bond acceptors (Lipinski definition) is 6. The highest BCUT2D eigenvalue weighted by Crippen LogP contribution is 2.47. The Labute approximate surface area is 208 Å². The van der Waals surface area contributed by atoms with E-state index in [0.29, 0.717) is 35.8 Å². The molecule has 7 heteroatoms. The summed E-state index contributed by atoms with van der Waals surface area (Å²) in [7, 11) is 3.21. The quantitative estimate of drug-likeness (QED) is 0.370. The zero-order chi connectivity index (χ0) is 25.3. The third-order valence-corrected chi connectivity index (χ3v) is 7.04. The molecule has 2 unspecified atom stereocenters. The number of fused-ring (bicyclic) bond motifs is 1. The number of ether oxygens (including phenoxy) is 4. The first kappa shape index (κ1) is 26.2. The summed E-state index contributed by atoms with van der Waals surface area (Å²) in [5, 5.41) is 13.4. The number of para-hydroxylation sites is 2. The third kappa shape index (κ3) is 5.82. The van der Waals surface area contributed by atoms with Crippen molar-refractivity contribution >= 4 is 6.41 Å². The number of methoxy groups -OCH3 is 2. The molecular weight excluding hydrogens is 444 g/mol. The van der Waals surface area contributed by atoms with Gasteiger partial charge in [-0.1, -0.05) is 44.9 Å². The Morgan fingerprint density at radius 1 is 1.09 bits per heavy atom. The van der Waals surface area contributed by atoms with Gasteiger partial charge in [0.15, 0.2) is 23.0 Å². The van der Waals surface area contributed by atoms with Crippen LogP contribution in [0.2, 0.25) is 0 Å². The molecule has 1 aliphatic heterocycles. The smallest absolute Gasteiger partial charge is 0.260 e. The number of nitrogens with one attached hydrogen (secondary N) is 1. The van der Waals surface area contributed by atoms with Crippen molar-refractivity contribution in [3.63, 3.8) is 0 Å². The lowest BCUT2D eigenvalue weighted by Crippen LogP contribution is -2.45. The highest BCUT2D eigenvalue weighted by Gasteiger charge is 2.50. The largest absolute Gasteiger partial charge is 0.493 e. The molecule has 1 N–H and O–H groups in total. The van der Waals surface area contributed by atoms with Crippen LogP contribution in [-0.2, 0) is 11.2 Å². The van der Waals surface area contributed by atoms with Crippen molar-refractivity contribution < 1.29 is 23.7 Å². The summed E-state index contributed by atoms with van der Waals surface area (Å²) in [4.78, 5) is 11.3. The number of carbonyl (C=O) groups excluding carboxylic acids is 1. The van der Waals surface area contributed by atoms with Gasteiger partial charge in [-0.05, 0) is 61.4 Å². The van der Waals surface area contributed by atoms with Crippen molar-refractivity contribution in [1.29, 1.82) is 5.26 Å². The predicted octanol–water partition coefficient (Wildman–Crippen LogP) is 5.27. The first-order valence-corrected chi connectivity index (χ1v) is 12.3. The zero-order valence-electron chi connectivity index (χ0n) is 21.1. The molecule has 1 amide bonds. The maximum Gasteiger partial charge on any atom is 0.260 e. The third-order valence-electron chi connectivity index (χ3n) is 7.04. The first-order chi connectivity index (χ1) is 17.0. The fraction of sp³-hybridized carbons (Fsp3) is 0.500. The minimum Gasteiger partial charge on any atom is -0.493 e. The SMILES string of the molecule is CCC(CC)C(C#N)(CCCC(Cc1ccc(OC)c(OC)c1)NC=O)C1Oc2ccccc2O1. The number of nitrogens with zero attached hydrogens (tertiary/aromatic N) is 1. The molecule has 0 aromatic heterocycles. The Morgan fingerprint density at radius 3 is 2.29 bits per heavy atom. The molecule has 3 rings (SSSR count). The van der Waals surface area contributed by atoms with E-state index in [1.807, 2.05) is 42.5 Å². The zero-order valence-corrected chi connectivity index (χ0v) is 21.1. The molecule has 188 valence electrons. The number of hydrogen-bond donors (Lipinski definition) is 1. The first-order valence-electron chi connectivity index (χ1n) is 12.3. The average Bonchev–Trinajstić information content (AvgIpc) is 3.33. The second-order valence-corrected chi connectivity index (χ2v) is 8.95. The van der Waals surface area contributed by atoms with E-state index in [2.05, 4.69) is 25.2 Å². The van der Waals surface area contributed by atoms with Crippen LogP contribution in [0.4, 0.5) is 0 Å². The molecular formula is C28H36N2O5. The molecule has 0 spiro atoms. The van der Waals surface area contributed by atoms with Gasteiger partial charge in [-0.15, -0.1) is 0 Å². The van der Waals surface area contributed by atoms with Gasteiger partial charge in [0.1, 0.15) is 5.41 Å². The monoisotopic (exact) mass is 480 g/mol. The summed E-state index contributed by atoms with van der Waals surface area (Å²) in [6, 6.07) is 15.9. The Bertz CT molecular complexity index is 992. The fourth-order valence-electron chi connectivity index (χ4n) is 5.12. The summed E-state index contributed by atoms with van der Waals surface area (Å²) in [6.45, 7) is 4.21. The molecule has 1 heterocycles. The highest BCUT2D eigenvalue weighted by atomic mass is 16.7. The normalized spacial score (nSPS) is 15.2. The van der Waals surface area contributed by atoms with Crippen LogP contribution in [0.5, 0.6) is 23.0 Å². The number of carbonyl (C=O) groups is 1. The van der Waals surface area contributed by atoms with E-state index in [0.717, 1.165) is 37.7 Å². The lowest BCUT2D eigenvalue weighted by atomic mass is 9.69. The van der Waals surface area contributed by atoms with Gasteiger partial charge in [-0.2, -0.15) is 5.26 Å². The van der Waals surface area contributed by atoms with Crippen molar-refractivity contribution in [2.24, 2.45) is 11.3 Å². The van der Waals surface area contributed by atoms with Crippen LogP contribution in [0.3, 0.4) is 0 Å². The van der Waals surface area contributed by atoms with E-state index < -0.39 is 11.7 Å². The lowest BCUT2D eigenvalue weighted by molar-refractivity contribution is -0.110. The van der Waals surface area contributed by atoms with Gasteiger partial charge in [0.25, 0.3) is 6.29 Å². The Morgan fingerprint density at radius 2 is 1.74 bits per heavy atom. The van der Waals surface area contributed by atoms with Crippen molar-refractivity contribution in [2.75, 3.05) is 14.2 Å². The molecule has 0 radical (unpaired) electrons. The van der Waals surface area contributed by atoms with Crippen LogP contribution in [0.25, 0.3) is 0 Å². The number of benzene rings is 2. The van der Waals surface area contributed by atoms with Gasteiger partial charge in [-0.25, -0.2) is 0 Å². The summed E-state index contributed by atoms with van der Waals surface area (Å²) in [5.41, 5.74) is 0.240. The van der Waals surface area contributed by atoms with E-state index in [4.69, 9.17) is 18.9 Å². The molecule has 0 aliphatic carbocycles. The summed E-state index contributed by atoms with van der Waals surface area (Å²) in [5.74, 6) is 2.80. The van der Waals surface area contributed by atoms with E-state index in [1.165, 1.54) is 0 Å².